The monoisotopic (exact) mass is 378 g/mol. The normalized spacial score (nSPS) is 16.5. The summed E-state index contributed by atoms with van der Waals surface area (Å²) in [6.07, 6.45) is 3.60. The lowest BCUT2D eigenvalue weighted by Gasteiger charge is -2.27. The van der Waals surface area contributed by atoms with E-state index in [4.69, 9.17) is 23.2 Å². The average molecular weight is 380 g/mol. The maximum atomic E-state index is 12.1. The molecule has 0 aliphatic carbocycles. The fourth-order valence-electron chi connectivity index (χ4n) is 3.04. The molecule has 23 heavy (non-hydrogen) atoms. The van der Waals surface area contributed by atoms with Gasteiger partial charge in [0.1, 0.15) is 0 Å². The number of nitrogens with one attached hydrogen (secondary N) is 2. The highest BCUT2D eigenvalue weighted by atomic mass is 35.5. The lowest BCUT2D eigenvalue weighted by molar-refractivity contribution is -0.122. The summed E-state index contributed by atoms with van der Waals surface area (Å²) in [6, 6.07) is 5.47. The number of carbonyl (C=O) groups excluding carboxylic acids is 1. The van der Waals surface area contributed by atoms with Crippen molar-refractivity contribution in [3.63, 3.8) is 0 Å². The first-order valence-corrected chi connectivity index (χ1v) is 8.74. The number of benzene rings is 1. The van der Waals surface area contributed by atoms with E-state index in [0.717, 1.165) is 18.7 Å². The molecule has 1 fully saturated rings. The molecule has 1 unspecified atom stereocenters. The van der Waals surface area contributed by atoms with Crippen LogP contribution in [0.1, 0.15) is 31.7 Å². The zero-order valence-corrected chi connectivity index (χ0v) is 15.7. The van der Waals surface area contributed by atoms with Crippen LogP contribution < -0.4 is 10.6 Å². The van der Waals surface area contributed by atoms with Crippen LogP contribution in [0.2, 0.25) is 10.0 Å². The van der Waals surface area contributed by atoms with Crippen molar-refractivity contribution in [2.45, 2.75) is 32.6 Å². The molecule has 1 amide bonds. The Kier molecular flexibility index (Phi) is 9.30. The molecule has 1 aromatic carbocycles. The smallest absolute Gasteiger partial charge is 0.220 e. The predicted molar refractivity (Wildman–Crippen MR) is 99.8 cm³/mol. The largest absolute Gasteiger partial charge is 0.356 e. The molecule has 2 rings (SSSR count). The van der Waals surface area contributed by atoms with Crippen molar-refractivity contribution < 1.29 is 4.79 Å². The van der Waals surface area contributed by atoms with Gasteiger partial charge in [0.05, 0.1) is 0 Å². The van der Waals surface area contributed by atoms with Crippen LogP contribution in [-0.2, 0) is 11.2 Å². The van der Waals surface area contributed by atoms with Crippen LogP contribution in [0.3, 0.4) is 0 Å². The molecule has 0 radical (unpaired) electrons. The standard InChI is InChI=1S/C17H24Cl2N2O.ClH/c1-12(13-5-8-20-9-6-13)11-17(22)21-10-7-14-15(18)3-2-4-16(14)19;/h2-4,12-13,20H,5-11H2,1H3,(H,21,22);1H. The third-order valence-corrected chi connectivity index (χ3v) is 5.16. The molecule has 1 aliphatic rings. The van der Waals surface area contributed by atoms with Crippen LogP contribution in [0.4, 0.5) is 0 Å². The van der Waals surface area contributed by atoms with E-state index in [2.05, 4.69) is 17.6 Å². The quantitative estimate of drug-likeness (QED) is 0.781. The number of hydrogen-bond acceptors (Lipinski definition) is 2. The fraction of sp³-hybridized carbons (Fsp3) is 0.588. The van der Waals surface area contributed by atoms with Gasteiger partial charge in [0.2, 0.25) is 5.91 Å². The molecule has 1 atom stereocenters. The maximum absolute atomic E-state index is 12.1. The molecular weight excluding hydrogens is 355 g/mol. The number of amides is 1. The van der Waals surface area contributed by atoms with Gasteiger partial charge in [-0.2, -0.15) is 0 Å². The van der Waals surface area contributed by atoms with Crippen LogP contribution >= 0.6 is 35.6 Å². The van der Waals surface area contributed by atoms with Crippen molar-refractivity contribution in [1.29, 1.82) is 0 Å². The van der Waals surface area contributed by atoms with Gasteiger partial charge in [-0.05, 0) is 61.9 Å². The molecule has 3 nitrogen and oxygen atoms in total. The van der Waals surface area contributed by atoms with Crippen molar-refractivity contribution in [3.8, 4) is 0 Å². The van der Waals surface area contributed by atoms with Crippen LogP contribution in [0.5, 0.6) is 0 Å². The SMILES string of the molecule is CC(CC(=O)NCCc1c(Cl)cccc1Cl)C1CCNCC1.Cl. The first-order valence-electron chi connectivity index (χ1n) is 7.98. The van der Waals surface area contributed by atoms with E-state index in [1.807, 2.05) is 18.2 Å². The van der Waals surface area contributed by atoms with Gasteiger partial charge in [0.15, 0.2) is 0 Å². The van der Waals surface area contributed by atoms with Gasteiger partial charge in [-0.15, -0.1) is 12.4 Å². The Labute approximate surface area is 154 Å². The van der Waals surface area contributed by atoms with Crippen LogP contribution in [0.25, 0.3) is 0 Å². The summed E-state index contributed by atoms with van der Waals surface area (Å²) in [7, 11) is 0. The minimum absolute atomic E-state index is 0. The first kappa shape index (κ1) is 20.6. The third kappa shape index (κ3) is 6.50. The molecule has 1 aliphatic heterocycles. The summed E-state index contributed by atoms with van der Waals surface area (Å²) in [6.45, 7) is 4.89. The number of carbonyl (C=O) groups is 1. The second-order valence-corrected chi connectivity index (χ2v) is 6.88. The topological polar surface area (TPSA) is 41.1 Å². The van der Waals surface area contributed by atoms with Gasteiger partial charge in [-0.1, -0.05) is 36.2 Å². The number of rotatable bonds is 6. The summed E-state index contributed by atoms with van der Waals surface area (Å²) in [5.41, 5.74) is 0.900. The first-order chi connectivity index (χ1) is 10.6. The molecule has 0 spiro atoms. The van der Waals surface area contributed by atoms with Crippen LogP contribution in [0.15, 0.2) is 18.2 Å². The molecule has 1 saturated heterocycles. The third-order valence-electron chi connectivity index (χ3n) is 4.45. The number of hydrogen-bond donors (Lipinski definition) is 2. The van der Waals surface area contributed by atoms with Crippen molar-refractivity contribution >= 4 is 41.5 Å². The van der Waals surface area contributed by atoms with Gasteiger partial charge in [-0.3, -0.25) is 4.79 Å². The number of piperidine rings is 1. The van der Waals surface area contributed by atoms with Crippen LogP contribution in [0, 0.1) is 11.8 Å². The van der Waals surface area contributed by atoms with Crippen molar-refractivity contribution in [2.75, 3.05) is 19.6 Å². The van der Waals surface area contributed by atoms with Gasteiger partial charge in [0, 0.05) is 23.0 Å². The molecule has 2 N–H and O–H groups in total. The van der Waals surface area contributed by atoms with Gasteiger partial charge in [-0.25, -0.2) is 0 Å². The summed E-state index contributed by atoms with van der Waals surface area (Å²) in [5.74, 6) is 1.21. The lowest BCUT2D eigenvalue weighted by atomic mass is 9.84. The van der Waals surface area contributed by atoms with Crippen molar-refractivity contribution in [1.82, 2.24) is 10.6 Å². The molecule has 1 heterocycles. The van der Waals surface area contributed by atoms with E-state index in [9.17, 15) is 4.79 Å². The molecule has 0 aromatic heterocycles. The Morgan fingerprint density at radius 1 is 1.30 bits per heavy atom. The summed E-state index contributed by atoms with van der Waals surface area (Å²) in [5, 5.41) is 7.66. The maximum Gasteiger partial charge on any atom is 0.220 e. The Bertz CT molecular complexity index is 484. The lowest BCUT2D eigenvalue weighted by Crippen LogP contribution is -2.34. The van der Waals surface area contributed by atoms with E-state index < -0.39 is 0 Å². The van der Waals surface area contributed by atoms with E-state index in [1.165, 1.54) is 12.8 Å². The zero-order valence-electron chi connectivity index (χ0n) is 13.4. The van der Waals surface area contributed by atoms with E-state index in [-0.39, 0.29) is 18.3 Å². The van der Waals surface area contributed by atoms with E-state index in [1.54, 1.807) is 0 Å². The second-order valence-electron chi connectivity index (χ2n) is 6.07. The molecular formula is C17H25Cl3N2O. The fourth-order valence-corrected chi connectivity index (χ4v) is 3.63. The molecule has 0 bridgehead atoms. The molecule has 130 valence electrons. The minimum Gasteiger partial charge on any atom is -0.356 e. The summed E-state index contributed by atoms with van der Waals surface area (Å²) < 4.78 is 0. The van der Waals surface area contributed by atoms with E-state index in [0.29, 0.717) is 41.3 Å². The Hall–Kier alpha value is -0.480. The van der Waals surface area contributed by atoms with Crippen LogP contribution in [-0.4, -0.2) is 25.5 Å². The Morgan fingerprint density at radius 3 is 2.52 bits per heavy atom. The number of halogens is 3. The van der Waals surface area contributed by atoms with Gasteiger partial charge < -0.3 is 10.6 Å². The van der Waals surface area contributed by atoms with Gasteiger partial charge >= 0.3 is 0 Å². The highest BCUT2D eigenvalue weighted by Crippen LogP contribution is 2.25. The molecule has 1 aromatic rings. The van der Waals surface area contributed by atoms with Crippen molar-refractivity contribution in [2.24, 2.45) is 11.8 Å². The summed E-state index contributed by atoms with van der Waals surface area (Å²) >= 11 is 12.3. The van der Waals surface area contributed by atoms with E-state index >= 15 is 0 Å². The highest BCUT2D eigenvalue weighted by molar-refractivity contribution is 6.35. The second kappa shape index (κ2) is 10.4. The van der Waals surface area contributed by atoms with Gasteiger partial charge in [0.25, 0.3) is 0 Å². The molecule has 6 heteroatoms. The predicted octanol–water partition coefficient (Wildman–Crippen LogP) is 4.10. The zero-order chi connectivity index (χ0) is 15.9. The summed E-state index contributed by atoms with van der Waals surface area (Å²) in [4.78, 5) is 12.1. The Balaban J connectivity index is 0.00000264. The van der Waals surface area contributed by atoms with Crippen molar-refractivity contribution in [3.05, 3.63) is 33.8 Å². The highest BCUT2D eigenvalue weighted by Gasteiger charge is 2.21. The average Bonchev–Trinajstić information content (AvgIpc) is 2.51. The minimum atomic E-state index is 0. The molecule has 0 saturated carbocycles. The Morgan fingerprint density at radius 2 is 1.91 bits per heavy atom.